The topological polar surface area (TPSA) is 52.1 Å². The molecule has 1 atom stereocenters. The quantitative estimate of drug-likeness (QED) is 0.292. The summed E-state index contributed by atoms with van der Waals surface area (Å²) in [6.07, 6.45) is 6.44. The van der Waals surface area contributed by atoms with Crippen LogP contribution in [0.2, 0.25) is 0 Å². The third-order valence-corrected chi connectivity index (χ3v) is 6.40. The smallest absolute Gasteiger partial charge is 0.191 e. The lowest BCUT2D eigenvalue weighted by Crippen LogP contribution is -2.53. The number of guanidine groups is 1. The van der Waals surface area contributed by atoms with Gasteiger partial charge in [-0.15, -0.1) is 24.0 Å². The molecule has 1 saturated carbocycles. The minimum atomic E-state index is 0. The summed E-state index contributed by atoms with van der Waals surface area (Å²) in [7, 11) is 3.68. The molecule has 1 heterocycles. The van der Waals surface area contributed by atoms with Gasteiger partial charge in [0.1, 0.15) is 0 Å². The normalized spacial score (nSPS) is 22.3. The molecule has 2 aliphatic rings. The van der Waals surface area contributed by atoms with E-state index in [4.69, 9.17) is 4.74 Å². The van der Waals surface area contributed by atoms with Crippen LogP contribution in [-0.2, 0) is 4.74 Å². The molecule has 0 aromatic rings. The molecule has 0 aromatic heterocycles. The number of hydrogen-bond acceptors (Lipinski definition) is 4. The fourth-order valence-corrected chi connectivity index (χ4v) is 4.34. The second-order valence-electron chi connectivity index (χ2n) is 8.08. The van der Waals surface area contributed by atoms with Crippen molar-refractivity contribution >= 4 is 29.9 Å². The third-order valence-electron chi connectivity index (χ3n) is 6.40. The number of nitrogens with zero attached hydrogens (tertiary/aromatic N) is 3. The molecule has 0 bridgehead atoms. The first-order valence-corrected chi connectivity index (χ1v) is 10.5. The number of hydrogen-bond donors (Lipinski definition) is 2. The summed E-state index contributed by atoms with van der Waals surface area (Å²) < 4.78 is 5.34. The molecule has 1 unspecified atom stereocenters. The van der Waals surface area contributed by atoms with Crippen molar-refractivity contribution in [3.05, 3.63) is 0 Å². The van der Waals surface area contributed by atoms with E-state index in [9.17, 15) is 0 Å². The summed E-state index contributed by atoms with van der Waals surface area (Å²) in [5.74, 6) is 0.938. The van der Waals surface area contributed by atoms with Crippen molar-refractivity contribution in [2.45, 2.75) is 52.0 Å². The fourth-order valence-electron chi connectivity index (χ4n) is 4.34. The molecule has 27 heavy (non-hydrogen) atoms. The average Bonchev–Trinajstić information content (AvgIpc) is 3.15. The zero-order chi connectivity index (χ0) is 18.8. The van der Waals surface area contributed by atoms with Crippen LogP contribution in [-0.4, -0.2) is 88.4 Å². The summed E-state index contributed by atoms with van der Waals surface area (Å²) in [5, 5.41) is 7.13. The number of methoxy groups -OCH3 is 1. The summed E-state index contributed by atoms with van der Waals surface area (Å²) >= 11 is 0. The van der Waals surface area contributed by atoms with Crippen molar-refractivity contribution in [2.24, 2.45) is 10.4 Å². The molecule has 2 fully saturated rings. The highest BCUT2D eigenvalue weighted by molar-refractivity contribution is 14.0. The van der Waals surface area contributed by atoms with Crippen LogP contribution in [0.4, 0.5) is 0 Å². The molecule has 2 N–H and O–H groups in total. The Hall–Kier alpha value is -0.120. The van der Waals surface area contributed by atoms with Crippen molar-refractivity contribution in [2.75, 3.05) is 66.6 Å². The molecular formula is C20H42IN5O. The summed E-state index contributed by atoms with van der Waals surface area (Å²) in [4.78, 5) is 9.55. The number of rotatable bonds is 9. The van der Waals surface area contributed by atoms with Gasteiger partial charge in [-0.1, -0.05) is 19.8 Å². The predicted octanol–water partition coefficient (Wildman–Crippen LogP) is 2.39. The van der Waals surface area contributed by atoms with Gasteiger partial charge in [0.15, 0.2) is 5.96 Å². The van der Waals surface area contributed by atoms with Crippen molar-refractivity contribution < 1.29 is 4.74 Å². The molecule has 160 valence electrons. The van der Waals surface area contributed by atoms with Gasteiger partial charge in [-0.05, 0) is 38.1 Å². The predicted molar refractivity (Wildman–Crippen MR) is 125 cm³/mol. The number of piperazine rings is 1. The van der Waals surface area contributed by atoms with E-state index in [1.54, 1.807) is 7.11 Å². The minimum absolute atomic E-state index is 0. The van der Waals surface area contributed by atoms with Gasteiger partial charge in [0.05, 0.1) is 0 Å². The SMILES string of the molecule is CCN1CCN(C(C)CNC(=NC)NCC2(CCOC)CCCC2)CC1.I. The molecule has 0 radical (unpaired) electrons. The van der Waals surface area contributed by atoms with Gasteiger partial charge in [-0.25, -0.2) is 0 Å². The van der Waals surface area contributed by atoms with E-state index in [1.165, 1.54) is 58.4 Å². The van der Waals surface area contributed by atoms with Crippen molar-refractivity contribution in [1.82, 2.24) is 20.4 Å². The molecule has 1 aliphatic carbocycles. The Morgan fingerprint density at radius 2 is 1.81 bits per heavy atom. The molecule has 6 nitrogen and oxygen atoms in total. The van der Waals surface area contributed by atoms with Gasteiger partial charge in [0, 0.05) is 66.1 Å². The number of aliphatic imine (C=N–C) groups is 1. The van der Waals surface area contributed by atoms with Crippen LogP contribution in [0.1, 0.15) is 46.0 Å². The third kappa shape index (κ3) is 8.03. The van der Waals surface area contributed by atoms with Crippen molar-refractivity contribution in [3.8, 4) is 0 Å². The highest BCUT2D eigenvalue weighted by Crippen LogP contribution is 2.40. The first-order chi connectivity index (χ1) is 12.6. The van der Waals surface area contributed by atoms with E-state index in [1.807, 2.05) is 7.05 Å². The summed E-state index contributed by atoms with van der Waals surface area (Å²) in [6.45, 7) is 13.3. The summed E-state index contributed by atoms with van der Waals surface area (Å²) in [5.41, 5.74) is 0.385. The number of nitrogens with one attached hydrogen (secondary N) is 2. The molecule has 0 amide bonds. The highest BCUT2D eigenvalue weighted by atomic mass is 127. The van der Waals surface area contributed by atoms with Crippen LogP contribution in [0.15, 0.2) is 4.99 Å². The first-order valence-electron chi connectivity index (χ1n) is 10.5. The van der Waals surface area contributed by atoms with Gasteiger partial charge in [-0.3, -0.25) is 9.89 Å². The molecule has 0 spiro atoms. The van der Waals surface area contributed by atoms with Gasteiger partial charge < -0.3 is 20.3 Å². The van der Waals surface area contributed by atoms with E-state index in [-0.39, 0.29) is 24.0 Å². The van der Waals surface area contributed by atoms with E-state index >= 15 is 0 Å². The van der Waals surface area contributed by atoms with Crippen LogP contribution >= 0.6 is 24.0 Å². The molecule has 7 heteroatoms. The van der Waals surface area contributed by atoms with Crippen LogP contribution in [0.3, 0.4) is 0 Å². The maximum atomic E-state index is 5.34. The lowest BCUT2D eigenvalue weighted by molar-refractivity contribution is 0.107. The number of halogens is 1. The largest absolute Gasteiger partial charge is 0.385 e. The van der Waals surface area contributed by atoms with Crippen LogP contribution in [0, 0.1) is 5.41 Å². The molecule has 2 rings (SSSR count). The monoisotopic (exact) mass is 495 g/mol. The second-order valence-corrected chi connectivity index (χ2v) is 8.08. The average molecular weight is 495 g/mol. The Balaban J connectivity index is 0.00000364. The Kier molecular flexibility index (Phi) is 12.2. The molecule has 0 aromatic carbocycles. The van der Waals surface area contributed by atoms with Gasteiger partial charge in [0.2, 0.25) is 0 Å². The van der Waals surface area contributed by atoms with Gasteiger partial charge in [0.25, 0.3) is 0 Å². The van der Waals surface area contributed by atoms with Crippen molar-refractivity contribution in [1.29, 1.82) is 0 Å². The second kappa shape index (κ2) is 13.2. The van der Waals surface area contributed by atoms with E-state index < -0.39 is 0 Å². The van der Waals surface area contributed by atoms with Gasteiger partial charge in [-0.2, -0.15) is 0 Å². The Bertz CT molecular complexity index is 421. The lowest BCUT2D eigenvalue weighted by Gasteiger charge is -2.38. The fraction of sp³-hybridized carbons (Fsp3) is 0.950. The van der Waals surface area contributed by atoms with Gasteiger partial charge >= 0.3 is 0 Å². The van der Waals surface area contributed by atoms with Crippen LogP contribution in [0.25, 0.3) is 0 Å². The molecule has 1 aliphatic heterocycles. The Labute approximate surface area is 183 Å². The van der Waals surface area contributed by atoms with Crippen molar-refractivity contribution in [3.63, 3.8) is 0 Å². The van der Waals surface area contributed by atoms with Crippen LogP contribution < -0.4 is 10.6 Å². The summed E-state index contributed by atoms with van der Waals surface area (Å²) in [6, 6.07) is 0.529. The highest BCUT2D eigenvalue weighted by Gasteiger charge is 2.33. The molecule has 1 saturated heterocycles. The minimum Gasteiger partial charge on any atom is -0.385 e. The van der Waals surface area contributed by atoms with Crippen LogP contribution in [0.5, 0.6) is 0 Å². The zero-order valence-electron chi connectivity index (χ0n) is 17.9. The lowest BCUT2D eigenvalue weighted by atomic mass is 9.83. The Morgan fingerprint density at radius 1 is 1.15 bits per heavy atom. The van der Waals surface area contributed by atoms with E-state index in [0.717, 1.165) is 32.1 Å². The molecular weight excluding hydrogens is 453 g/mol. The Morgan fingerprint density at radius 3 is 2.37 bits per heavy atom. The van der Waals surface area contributed by atoms with E-state index in [2.05, 4.69) is 39.3 Å². The standard InChI is InChI=1S/C20H41N5O.HI/c1-5-24-11-13-25(14-12-24)18(2)16-22-19(21-3)23-17-20(10-15-26-4)8-6-7-9-20;/h18H,5-17H2,1-4H3,(H2,21,22,23);1H. The first kappa shape index (κ1) is 24.9. The maximum Gasteiger partial charge on any atom is 0.191 e. The maximum absolute atomic E-state index is 5.34. The van der Waals surface area contributed by atoms with E-state index in [0.29, 0.717) is 11.5 Å². The zero-order valence-corrected chi connectivity index (χ0v) is 20.3. The number of likely N-dealkylation sites (N-methyl/N-ethyl adjacent to an activating group) is 1. The number of ether oxygens (including phenoxy) is 1.